The van der Waals surface area contributed by atoms with Gasteiger partial charge in [-0.15, -0.1) is 11.8 Å². The summed E-state index contributed by atoms with van der Waals surface area (Å²) in [5, 5.41) is 0.696. The van der Waals surface area contributed by atoms with Crippen molar-refractivity contribution in [3.05, 3.63) is 53.3 Å². The Morgan fingerprint density at radius 2 is 2.05 bits per heavy atom. The third-order valence-electron chi connectivity index (χ3n) is 2.78. The average molecular weight is 290 g/mol. The van der Waals surface area contributed by atoms with E-state index in [9.17, 15) is 0 Å². The van der Waals surface area contributed by atoms with Crippen molar-refractivity contribution in [2.75, 3.05) is 5.73 Å². The topological polar surface area (TPSA) is 54.7 Å². The van der Waals surface area contributed by atoms with Gasteiger partial charge in [-0.1, -0.05) is 23.7 Å². The zero-order valence-corrected chi connectivity index (χ0v) is 11.6. The molecule has 0 bridgehead atoms. The number of aromatic amines is 1. The van der Waals surface area contributed by atoms with Gasteiger partial charge >= 0.3 is 0 Å². The lowest BCUT2D eigenvalue weighted by Crippen LogP contribution is -1.89. The molecule has 3 aromatic rings. The molecule has 0 aliphatic rings. The summed E-state index contributed by atoms with van der Waals surface area (Å²) >= 11 is 7.60. The fraction of sp³-hybridized carbons (Fsp3) is 0.0714. The van der Waals surface area contributed by atoms with E-state index in [-0.39, 0.29) is 0 Å². The number of nitrogens with one attached hydrogen (secondary N) is 1. The molecule has 1 aromatic heterocycles. The molecule has 0 aliphatic heterocycles. The first-order valence-corrected chi connectivity index (χ1v) is 7.20. The molecular weight excluding hydrogens is 278 g/mol. The van der Waals surface area contributed by atoms with Gasteiger partial charge < -0.3 is 10.7 Å². The van der Waals surface area contributed by atoms with E-state index in [1.54, 1.807) is 17.8 Å². The van der Waals surface area contributed by atoms with Crippen molar-refractivity contribution in [3.63, 3.8) is 0 Å². The molecule has 0 atom stereocenters. The minimum atomic E-state index is 0.696. The summed E-state index contributed by atoms with van der Waals surface area (Å²) in [6.45, 7) is 0. The number of hydrogen-bond donors (Lipinski definition) is 2. The Kier molecular flexibility index (Phi) is 3.36. The van der Waals surface area contributed by atoms with Crippen LogP contribution in [-0.4, -0.2) is 9.97 Å². The fourth-order valence-electron chi connectivity index (χ4n) is 1.85. The number of nitrogens with zero attached hydrogens (tertiary/aromatic N) is 1. The summed E-state index contributed by atoms with van der Waals surface area (Å²) in [5.41, 5.74) is 8.70. The highest BCUT2D eigenvalue weighted by atomic mass is 35.5. The Bertz CT molecular complexity index is 691. The van der Waals surface area contributed by atoms with Crippen molar-refractivity contribution in [3.8, 4) is 0 Å². The van der Waals surface area contributed by atoms with E-state index in [4.69, 9.17) is 17.3 Å². The molecule has 0 saturated carbocycles. The highest BCUT2D eigenvalue weighted by Crippen LogP contribution is 2.30. The van der Waals surface area contributed by atoms with E-state index in [0.29, 0.717) is 5.02 Å². The molecule has 0 saturated heterocycles. The minimum Gasteiger partial charge on any atom is -0.398 e. The number of H-pyrrole nitrogens is 1. The van der Waals surface area contributed by atoms with Gasteiger partial charge in [-0.3, -0.25) is 0 Å². The van der Waals surface area contributed by atoms with Crippen LogP contribution in [0.4, 0.5) is 5.69 Å². The molecule has 3 rings (SSSR count). The van der Waals surface area contributed by atoms with Gasteiger partial charge in [0.15, 0.2) is 0 Å². The number of halogens is 1. The predicted octanol–water partition coefficient (Wildman–Crippen LogP) is 4.09. The van der Waals surface area contributed by atoms with Crippen molar-refractivity contribution in [2.45, 2.75) is 10.6 Å². The Balaban J connectivity index is 1.80. The summed E-state index contributed by atoms with van der Waals surface area (Å²) in [5.74, 6) is 1.67. The van der Waals surface area contributed by atoms with Crippen LogP contribution in [0.1, 0.15) is 5.82 Å². The van der Waals surface area contributed by atoms with Gasteiger partial charge in [-0.2, -0.15) is 0 Å². The van der Waals surface area contributed by atoms with Crippen LogP contribution in [0.25, 0.3) is 11.0 Å². The Labute approximate surface area is 120 Å². The van der Waals surface area contributed by atoms with Gasteiger partial charge in [-0.05, 0) is 30.3 Å². The molecule has 1 heterocycles. The van der Waals surface area contributed by atoms with Gasteiger partial charge in [0.1, 0.15) is 5.82 Å². The summed E-state index contributed by atoms with van der Waals surface area (Å²) in [7, 11) is 0. The van der Waals surface area contributed by atoms with Crippen molar-refractivity contribution < 1.29 is 0 Å². The number of nitrogens with two attached hydrogens (primary N) is 1. The first-order valence-electron chi connectivity index (χ1n) is 5.84. The number of hydrogen-bond acceptors (Lipinski definition) is 3. The fourth-order valence-corrected chi connectivity index (χ4v) is 2.96. The van der Waals surface area contributed by atoms with E-state index >= 15 is 0 Å². The second kappa shape index (κ2) is 5.15. The Morgan fingerprint density at radius 3 is 2.89 bits per heavy atom. The van der Waals surface area contributed by atoms with Crippen LogP contribution >= 0.6 is 23.4 Å². The normalized spacial score (nSPS) is 11.0. The maximum absolute atomic E-state index is 5.97. The summed E-state index contributed by atoms with van der Waals surface area (Å²) in [6, 6.07) is 13.5. The van der Waals surface area contributed by atoms with Gasteiger partial charge in [0.05, 0.1) is 16.8 Å². The third-order valence-corrected chi connectivity index (χ3v) is 4.10. The molecule has 0 amide bonds. The molecule has 5 heteroatoms. The molecule has 2 aromatic carbocycles. The van der Waals surface area contributed by atoms with Gasteiger partial charge in [0, 0.05) is 15.6 Å². The lowest BCUT2D eigenvalue weighted by molar-refractivity contribution is 1.14. The number of imidazole rings is 1. The van der Waals surface area contributed by atoms with Crippen LogP contribution in [0.2, 0.25) is 5.02 Å². The molecule has 0 fully saturated rings. The molecule has 0 spiro atoms. The second-order valence-corrected chi connectivity index (χ2v) is 5.63. The zero-order chi connectivity index (χ0) is 13.2. The maximum Gasteiger partial charge on any atom is 0.117 e. The van der Waals surface area contributed by atoms with Crippen LogP contribution in [0, 0.1) is 0 Å². The number of thioether (sulfide) groups is 1. The SMILES string of the molecule is Nc1ccc(Cl)cc1SCc1nc2ccccc2[nH]1. The summed E-state index contributed by atoms with van der Waals surface area (Å²) < 4.78 is 0. The summed E-state index contributed by atoms with van der Waals surface area (Å²) in [6.07, 6.45) is 0. The Morgan fingerprint density at radius 1 is 1.21 bits per heavy atom. The van der Waals surface area contributed by atoms with E-state index < -0.39 is 0 Å². The lowest BCUT2D eigenvalue weighted by atomic mass is 10.3. The molecule has 19 heavy (non-hydrogen) atoms. The highest BCUT2D eigenvalue weighted by Gasteiger charge is 2.05. The van der Waals surface area contributed by atoms with E-state index in [1.165, 1.54) is 0 Å². The first-order chi connectivity index (χ1) is 9.22. The molecule has 0 aliphatic carbocycles. The van der Waals surface area contributed by atoms with E-state index in [2.05, 4.69) is 9.97 Å². The number of anilines is 1. The van der Waals surface area contributed by atoms with Crippen LogP contribution in [0.15, 0.2) is 47.4 Å². The second-order valence-electron chi connectivity index (χ2n) is 4.17. The average Bonchev–Trinajstić information content (AvgIpc) is 2.82. The molecular formula is C14H12ClN3S. The van der Waals surface area contributed by atoms with Crippen molar-refractivity contribution in [1.82, 2.24) is 9.97 Å². The highest BCUT2D eigenvalue weighted by molar-refractivity contribution is 7.98. The monoisotopic (exact) mass is 289 g/mol. The van der Waals surface area contributed by atoms with Gasteiger partial charge in [0.2, 0.25) is 0 Å². The quantitative estimate of drug-likeness (QED) is 0.564. The molecule has 96 valence electrons. The van der Waals surface area contributed by atoms with Crippen LogP contribution in [0.3, 0.4) is 0 Å². The van der Waals surface area contributed by atoms with Gasteiger partial charge in [-0.25, -0.2) is 4.98 Å². The lowest BCUT2D eigenvalue weighted by Gasteiger charge is -2.04. The van der Waals surface area contributed by atoms with E-state index in [0.717, 1.165) is 33.2 Å². The number of fused-ring (bicyclic) bond motifs is 1. The first kappa shape index (κ1) is 12.4. The number of aromatic nitrogens is 2. The van der Waals surface area contributed by atoms with Gasteiger partial charge in [0.25, 0.3) is 0 Å². The molecule has 3 N–H and O–H groups in total. The smallest absolute Gasteiger partial charge is 0.117 e. The van der Waals surface area contributed by atoms with Crippen molar-refractivity contribution in [1.29, 1.82) is 0 Å². The Hall–Kier alpha value is -1.65. The molecule has 3 nitrogen and oxygen atoms in total. The van der Waals surface area contributed by atoms with Crippen molar-refractivity contribution >= 4 is 40.1 Å². The predicted molar refractivity (Wildman–Crippen MR) is 81.5 cm³/mol. The molecule has 0 radical (unpaired) electrons. The number of para-hydroxylation sites is 2. The minimum absolute atomic E-state index is 0.696. The van der Waals surface area contributed by atoms with Crippen molar-refractivity contribution in [2.24, 2.45) is 0 Å². The van der Waals surface area contributed by atoms with Crippen LogP contribution in [0.5, 0.6) is 0 Å². The number of benzene rings is 2. The zero-order valence-electron chi connectivity index (χ0n) is 10.1. The standard InChI is InChI=1S/C14H12ClN3S/c15-9-5-6-10(16)13(7-9)19-8-14-17-11-3-1-2-4-12(11)18-14/h1-7H,8,16H2,(H,17,18). The number of rotatable bonds is 3. The summed E-state index contributed by atoms with van der Waals surface area (Å²) in [4.78, 5) is 8.80. The third kappa shape index (κ3) is 2.69. The van der Waals surface area contributed by atoms with E-state index in [1.807, 2.05) is 36.4 Å². The maximum atomic E-state index is 5.97. The van der Waals surface area contributed by atoms with Crippen LogP contribution < -0.4 is 5.73 Å². The molecule has 0 unspecified atom stereocenters. The number of nitrogen functional groups attached to an aromatic ring is 1. The van der Waals surface area contributed by atoms with Crippen LogP contribution in [-0.2, 0) is 5.75 Å². The largest absolute Gasteiger partial charge is 0.398 e.